The molecule has 0 saturated heterocycles. The number of hydrogen-bond acceptors (Lipinski definition) is 3. The van der Waals surface area contributed by atoms with Gasteiger partial charge in [-0.3, -0.25) is 11.3 Å². The number of hydrogen-bond donors (Lipinski definition) is 2. The maximum absolute atomic E-state index is 5.65. The number of thiophene rings is 1. The number of hydrazine groups is 1. The van der Waals surface area contributed by atoms with Crippen LogP contribution in [0.25, 0.3) is 0 Å². The second kappa shape index (κ2) is 5.78. The van der Waals surface area contributed by atoms with Crippen LogP contribution in [0, 0.1) is 6.92 Å². The van der Waals surface area contributed by atoms with Crippen molar-refractivity contribution in [1.82, 2.24) is 5.43 Å². The molecule has 1 atom stereocenters. The highest BCUT2D eigenvalue weighted by atomic mass is 79.9. The van der Waals surface area contributed by atoms with Crippen LogP contribution in [-0.2, 0) is 6.42 Å². The number of rotatable bonds is 4. The van der Waals surface area contributed by atoms with Gasteiger partial charge in [0, 0.05) is 14.7 Å². The Balaban J connectivity index is 2.18. The Hall–Kier alpha value is -0.680. The van der Waals surface area contributed by atoms with E-state index in [9.17, 15) is 0 Å². The van der Waals surface area contributed by atoms with Gasteiger partial charge in [0.25, 0.3) is 0 Å². The number of halogens is 1. The van der Waals surface area contributed by atoms with Crippen molar-refractivity contribution in [2.45, 2.75) is 19.4 Å². The van der Waals surface area contributed by atoms with Crippen LogP contribution in [0.15, 0.2) is 40.2 Å². The van der Waals surface area contributed by atoms with Crippen LogP contribution in [0.4, 0.5) is 0 Å². The van der Waals surface area contributed by atoms with Crippen LogP contribution in [0.1, 0.15) is 22.0 Å². The molecular weight excluding hydrogens is 296 g/mol. The lowest BCUT2D eigenvalue weighted by Gasteiger charge is -2.15. The number of nitrogens with two attached hydrogens (primary N) is 1. The highest BCUT2D eigenvalue weighted by Crippen LogP contribution is 2.28. The van der Waals surface area contributed by atoms with Gasteiger partial charge in [0.15, 0.2) is 0 Å². The average Bonchev–Trinajstić information content (AvgIpc) is 2.75. The third-order valence-corrected chi connectivity index (χ3v) is 4.62. The zero-order chi connectivity index (χ0) is 12.3. The summed E-state index contributed by atoms with van der Waals surface area (Å²) in [7, 11) is 0. The van der Waals surface area contributed by atoms with Gasteiger partial charge in [0.05, 0.1) is 6.04 Å². The molecule has 1 heterocycles. The second-order valence-electron chi connectivity index (χ2n) is 4.02. The molecule has 0 aliphatic heterocycles. The second-order valence-corrected chi connectivity index (χ2v) is 5.88. The summed E-state index contributed by atoms with van der Waals surface area (Å²) < 4.78 is 1.11. The summed E-state index contributed by atoms with van der Waals surface area (Å²) in [5.74, 6) is 5.65. The van der Waals surface area contributed by atoms with Crippen LogP contribution >= 0.6 is 27.3 Å². The van der Waals surface area contributed by atoms with Gasteiger partial charge in [-0.1, -0.05) is 24.3 Å². The molecule has 0 spiro atoms. The predicted octanol–water partition coefficient (Wildman–Crippen LogP) is 3.57. The van der Waals surface area contributed by atoms with Crippen LogP contribution in [0.5, 0.6) is 0 Å². The lowest BCUT2D eigenvalue weighted by atomic mass is 10.0. The third-order valence-electron chi connectivity index (χ3n) is 2.82. The van der Waals surface area contributed by atoms with Crippen LogP contribution in [0.2, 0.25) is 0 Å². The van der Waals surface area contributed by atoms with Crippen LogP contribution in [-0.4, -0.2) is 0 Å². The van der Waals surface area contributed by atoms with Crippen molar-refractivity contribution in [3.8, 4) is 0 Å². The Kier molecular flexibility index (Phi) is 4.34. The molecular formula is C13H15BrN2S. The average molecular weight is 311 g/mol. The Labute approximate surface area is 114 Å². The molecule has 0 fully saturated rings. The van der Waals surface area contributed by atoms with Gasteiger partial charge in [0.2, 0.25) is 0 Å². The lowest BCUT2D eigenvalue weighted by Crippen LogP contribution is -2.29. The normalized spacial score (nSPS) is 12.6. The summed E-state index contributed by atoms with van der Waals surface area (Å²) in [4.78, 5) is 1.25. The zero-order valence-electron chi connectivity index (χ0n) is 9.61. The standard InChI is InChI=1S/C13H15BrN2S/c1-9-4-2-3-5-10(9)6-12(16-15)13-7-11(14)8-17-13/h2-5,7-8,12,16H,6,15H2,1H3. The molecule has 0 bridgehead atoms. The van der Waals surface area contributed by atoms with E-state index in [1.165, 1.54) is 16.0 Å². The van der Waals surface area contributed by atoms with Crippen LogP contribution < -0.4 is 11.3 Å². The summed E-state index contributed by atoms with van der Waals surface area (Å²) in [6.45, 7) is 2.13. The summed E-state index contributed by atoms with van der Waals surface area (Å²) >= 11 is 5.19. The van der Waals surface area contributed by atoms with Crippen molar-refractivity contribution < 1.29 is 0 Å². The first-order chi connectivity index (χ1) is 8.20. The molecule has 3 N–H and O–H groups in total. The molecule has 2 aromatic rings. The first-order valence-corrected chi connectivity index (χ1v) is 7.12. The topological polar surface area (TPSA) is 38.0 Å². The van der Waals surface area contributed by atoms with Gasteiger partial charge in [-0.2, -0.15) is 0 Å². The van der Waals surface area contributed by atoms with E-state index in [4.69, 9.17) is 5.84 Å². The van der Waals surface area contributed by atoms with Crippen molar-refractivity contribution >= 4 is 27.3 Å². The Morgan fingerprint density at radius 1 is 1.41 bits per heavy atom. The fraction of sp³-hybridized carbons (Fsp3) is 0.231. The molecule has 0 radical (unpaired) electrons. The highest BCUT2D eigenvalue weighted by Gasteiger charge is 2.13. The monoisotopic (exact) mass is 310 g/mol. The first kappa shape index (κ1) is 12.8. The molecule has 2 rings (SSSR count). The first-order valence-electron chi connectivity index (χ1n) is 5.45. The molecule has 0 aliphatic carbocycles. The SMILES string of the molecule is Cc1ccccc1CC(NN)c1cc(Br)cs1. The summed E-state index contributed by atoms with van der Waals surface area (Å²) in [6, 6.07) is 10.7. The van der Waals surface area contributed by atoms with Crippen molar-refractivity contribution in [2.75, 3.05) is 0 Å². The predicted molar refractivity (Wildman–Crippen MR) is 77.0 cm³/mol. The minimum absolute atomic E-state index is 0.174. The molecule has 90 valence electrons. The minimum atomic E-state index is 0.174. The largest absolute Gasteiger partial charge is 0.271 e. The fourth-order valence-corrected chi connectivity index (χ4v) is 3.32. The molecule has 1 aromatic heterocycles. The molecule has 1 aromatic carbocycles. The molecule has 1 unspecified atom stereocenters. The number of nitrogens with one attached hydrogen (secondary N) is 1. The van der Waals surface area contributed by atoms with Gasteiger partial charge in [-0.05, 0) is 46.5 Å². The smallest absolute Gasteiger partial charge is 0.0594 e. The summed E-state index contributed by atoms with van der Waals surface area (Å²) in [5.41, 5.74) is 5.54. The van der Waals surface area contributed by atoms with E-state index in [2.05, 4.69) is 64.0 Å². The van der Waals surface area contributed by atoms with E-state index in [1.807, 2.05) is 0 Å². The highest BCUT2D eigenvalue weighted by molar-refractivity contribution is 9.10. The third kappa shape index (κ3) is 3.16. The van der Waals surface area contributed by atoms with Gasteiger partial charge in [0.1, 0.15) is 0 Å². The van der Waals surface area contributed by atoms with E-state index in [-0.39, 0.29) is 6.04 Å². The molecule has 0 amide bonds. The van der Waals surface area contributed by atoms with Gasteiger partial charge < -0.3 is 0 Å². The molecule has 2 nitrogen and oxygen atoms in total. The molecule has 0 saturated carbocycles. The number of benzene rings is 1. The number of aryl methyl sites for hydroxylation is 1. The zero-order valence-corrected chi connectivity index (χ0v) is 12.0. The van der Waals surface area contributed by atoms with E-state index in [0.717, 1.165) is 10.9 Å². The van der Waals surface area contributed by atoms with Crippen molar-refractivity contribution in [2.24, 2.45) is 5.84 Å². The van der Waals surface area contributed by atoms with Crippen molar-refractivity contribution in [1.29, 1.82) is 0 Å². The lowest BCUT2D eigenvalue weighted by molar-refractivity contribution is 0.559. The molecule has 17 heavy (non-hydrogen) atoms. The fourth-order valence-electron chi connectivity index (χ4n) is 1.81. The van der Waals surface area contributed by atoms with E-state index in [1.54, 1.807) is 11.3 Å². The Morgan fingerprint density at radius 3 is 2.76 bits per heavy atom. The summed E-state index contributed by atoms with van der Waals surface area (Å²) in [5, 5.41) is 2.08. The van der Waals surface area contributed by atoms with Crippen molar-refractivity contribution in [3.05, 3.63) is 56.2 Å². The quantitative estimate of drug-likeness (QED) is 0.669. The minimum Gasteiger partial charge on any atom is -0.271 e. The molecule has 0 aliphatic rings. The van der Waals surface area contributed by atoms with Crippen molar-refractivity contribution in [3.63, 3.8) is 0 Å². The van der Waals surface area contributed by atoms with E-state index in [0.29, 0.717) is 0 Å². The van der Waals surface area contributed by atoms with E-state index >= 15 is 0 Å². The van der Waals surface area contributed by atoms with Gasteiger partial charge >= 0.3 is 0 Å². The maximum atomic E-state index is 5.65. The Bertz CT molecular complexity index is 496. The van der Waals surface area contributed by atoms with E-state index < -0.39 is 0 Å². The Morgan fingerprint density at radius 2 is 2.18 bits per heavy atom. The van der Waals surface area contributed by atoms with Gasteiger partial charge in [-0.15, -0.1) is 11.3 Å². The molecule has 4 heteroatoms. The van der Waals surface area contributed by atoms with Crippen LogP contribution in [0.3, 0.4) is 0 Å². The van der Waals surface area contributed by atoms with Gasteiger partial charge in [-0.25, -0.2) is 0 Å². The maximum Gasteiger partial charge on any atom is 0.0594 e. The summed E-state index contributed by atoms with van der Waals surface area (Å²) in [6.07, 6.45) is 0.913.